The highest BCUT2D eigenvalue weighted by Crippen LogP contribution is 2.21. The van der Waals surface area contributed by atoms with Crippen LogP contribution < -0.4 is 11.1 Å². The Morgan fingerprint density at radius 2 is 2.11 bits per heavy atom. The number of aryl methyl sites for hydroxylation is 1. The highest BCUT2D eigenvalue weighted by atomic mass is 16.6. The van der Waals surface area contributed by atoms with Gasteiger partial charge in [0, 0.05) is 29.3 Å². The Hall–Kier alpha value is -1.95. The summed E-state index contributed by atoms with van der Waals surface area (Å²) in [5.41, 5.74) is 6.22. The van der Waals surface area contributed by atoms with Crippen LogP contribution >= 0.6 is 0 Å². The number of nitro groups is 1. The van der Waals surface area contributed by atoms with Gasteiger partial charge in [-0.05, 0) is 32.9 Å². The molecule has 0 unspecified atom stereocenters. The monoisotopic (exact) mass is 251 g/mol. The van der Waals surface area contributed by atoms with Gasteiger partial charge in [0.15, 0.2) is 0 Å². The molecule has 98 valence electrons. The number of nitro benzene ring substituents is 1. The second kappa shape index (κ2) is 5.14. The van der Waals surface area contributed by atoms with E-state index >= 15 is 0 Å². The standard InChI is InChI=1S/C12H17N3O3/c1-8-6-9(4-5-10(8)15(17)18)14-11(16)7-12(2,3)13/h4-6H,7,13H2,1-3H3,(H,14,16). The summed E-state index contributed by atoms with van der Waals surface area (Å²) in [7, 11) is 0. The Kier molecular flexibility index (Phi) is 4.03. The van der Waals surface area contributed by atoms with Crippen LogP contribution in [0.2, 0.25) is 0 Å². The van der Waals surface area contributed by atoms with Crippen molar-refractivity contribution < 1.29 is 9.72 Å². The van der Waals surface area contributed by atoms with Crippen molar-refractivity contribution in [3.05, 3.63) is 33.9 Å². The zero-order chi connectivity index (χ0) is 13.9. The lowest BCUT2D eigenvalue weighted by atomic mass is 10.0. The molecule has 0 saturated heterocycles. The summed E-state index contributed by atoms with van der Waals surface area (Å²) < 4.78 is 0. The second-order valence-corrected chi connectivity index (χ2v) is 4.97. The number of carbonyl (C=O) groups excluding carboxylic acids is 1. The molecule has 0 heterocycles. The Balaban J connectivity index is 2.78. The van der Waals surface area contributed by atoms with Gasteiger partial charge in [0.1, 0.15) is 0 Å². The summed E-state index contributed by atoms with van der Waals surface area (Å²) in [6, 6.07) is 4.45. The van der Waals surface area contributed by atoms with E-state index in [-0.39, 0.29) is 18.0 Å². The first kappa shape index (κ1) is 14.1. The van der Waals surface area contributed by atoms with Gasteiger partial charge < -0.3 is 11.1 Å². The first-order valence-corrected chi connectivity index (χ1v) is 5.53. The number of benzene rings is 1. The molecule has 1 aromatic carbocycles. The quantitative estimate of drug-likeness (QED) is 0.631. The largest absolute Gasteiger partial charge is 0.326 e. The van der Waals surface area contributed by atoms with Crippen LogP contribution in [0, 0.1) is 17.0 Å². The smallest absolute Gasteiger partial charge is 0.272 e. The van der Waals surface area contributed by atoms with Crippen LogP contribution in [0.4, 0.5) is 11.4 Å². The number of nitrogens with zero attached hydrogens (tertiary/aromatic N) is 1. The minimum absolute atomic E-state index is 0.0344. The van der Waals surface area contributed by atoms with Gasteiger partial charge in [0.05, 0.1) is 4.92 Å². The van der Waals surface area contributed by atoms with E-state index in [1.54, 1.807) is 26.8 Å². The van der Waals surface area contributed by atoms with E-state index in [1.807, 2.05) is 0 Å². The Morgan fingerprint density at radius 1 is 1.50 bits per heavy atom. The summed E-state index contributed by atoms with van der Waals surface area (Å²) in [6.07, 6.45) is 0.184. The first-order valence-electron chi connectivity index (χ1n) is 5.53. The third-order valence-electron chi connectivity index (χ3n) is 2.29. The fourth-order valence-corrected chi connectivity index (χ4v) is 1.56. The molecule has 1 rings (SSSR count). The molecule has 0 aromatic heterocycles. The van der Waals surface area contributed by atoms with Crippen molar-refractivity contribution in [3.63, 3.8) is 0 Å². The topological polar surface area (TPSA) is 98.3 Å². The Labute approximate surface area is 105 Å². The summed E-state index contributed by atoms with van der Waals surface area (Å²) in [4.78, 5) is 21.8. The van der Waals surface area contributed by atoms with Crippen LogP contribution in [0.15, 0.2) is 18.2 Å². The maximum absolute atomic E-state index is 11.6. The molecule has 0 aliphatic heterocycles. The zero-order valence-electron chi connectivity index (χ0n) is 10.7. The molecule has 0 fully saturated rings. The molecule has 0 aliphatic rings. The van der Waals surface area contributed by atoms with Crippen molar-refractivity contribution in [2.24, 2.45) is 5.73 Å². The Morgan fingerprint density at radius 3 is 2.56 bits per heavy atom. The molecule has 0 saturated carbocycles. The molecule has 18 heavy (non-hydrogen) atoms. The lowest BCUT2D eigenvalue weighted by Gasteiger charge is -2.17. The maximum atomic E-state index is 11.6. The fraction of sp³-hybridized carbons (Fsp3) is 0.417. The van der Waals surface area contributed by atoms with Crippen LogP contribution in [0.25, 0.3) is 0 Å². The fourth-order valence-electron chi connectivity index (χ4n) is 1.56. The van der Waals surface area contributed by atoms with Gasteiger partial charge in [0.2, 0.25) is 5.91 Å². The number of nitrogens with two attached hydrogens (primary N) is 1. The van der Waals surface area contributed by atoms with Gasteiger partial charge in [-0.3, -0.25) is 14.9 Å². The predicted octanol–water partition coefficient (Wildman–Crippen LogP) is 1.97. The zero-order valence-corrected chi connectivity index (χ0v) is 10.7. The average Bonchev–Trinajstić information content (AvgIpc) is 2.13. The van der Waals surface area contributed by atoms with Crippen molar-refractivity contribution in [2.75, 3.05) is 5.32 Å². The van der Waals surface area contributed by atoms with E-state index in [9.17, 15) is 14.9 Å². The SMILES string of the molecule is Cc1cc(NC(=O)CC(C)(C)N)ccc1[N+](=O)[O-]. The van der Waals surface area contributed by atoms with Crippen molar-refractivity contribution in [1.82, 2.24) is 0 Å². The first-order chi connectivity index (χ1) is 8.19. The number of nitrogens with one attached hydrogen (secondary N) is 1. The highest BCUT2D eigenvalue weighted by Gasteiger charge is 2.17. The van der Waals surface area contributed by atoms with Gasteiger partial charge in [0.25, 0.3) is 5.69 Å². The van der Waals surface area contributed by atoms with Gasteiger partial charge in [-0.1, -0.05) is 0 Å². The lowest BCUT2D eigenvalue weighted by Crippen LogP contribution is -2.36. The van der Waals surface area contributed by atoms with Crippen molar-refractivity contribution in [3.8, 4) is 0 Å². The molecular formula is C12H17N3O3. The highest BCUT2D eigenvalue weighted by molar-refractivity contribution is 5.91. The van der Waals surface area contributed by atoms with E-state index < -0.39 is 10.5 Å². The van der Waals surface area contributed by atoms with Crippen molar-refractivity contribution >= 4 is 17.3 Å². The molecule has 1 aromatic rings. The molecule has 6 nitrogen and oxygen atoms in total. The van der Waals surface area contributed by atoms with Crippen molar-refractivity contribution in [2.45, 2.75) is 32.7 Å². The number of hydrogen-bond donors (Lipinski definition) is 2. The van der Waals surface area contributed by atoms with Crippen LogP contribution in [0.1, 0.15) is 25.8 Å². The number of carbonyl (C=O) groups is 1. The third kappa shape index (κ3) is 4.14. The summed E-state index contributed by atoms with van der Waals surface area (Å²) in [5.74, 6) is -0.212. The van der Waals surface area contributed by atoms with Gasteiger partial charge in [-0.15, -0.1) is 0 Å². The Bertz CT molecular complexity index is 478. The molecule has 0 aliphatic carbocycles. The normalized spacial score (nSPS) is 11.1. The minimum atomic E-state index is -0.583. The van der Waals surface area contributed by atoms with Crippen molar-refractivity contribution in [1.29, 1.82) is 0 Å². The molecule has 1 amide bonds. The van der Waals surface area contributed by atoms with E-state index in [1.165, 1.54) is 12.1 Å². The summed E-state index contributed by atoms with van der Waals surface area (Å²) in [5, 5.41) is 13.3. The van der Waals surface area contributed by atoms with Gasteiger partial charge in [-0.2, -0.15) is 0 Å². The van der Waals surface area contributed by atoms with E-state index in [0.29, 0.717) is 11.3 Å². The summed E-state index contributed by atoms with van der Waals surface area (Å²) in [6.45, 7) is 5.14. The van der Waals surface area contributed by atoms with E-state index in [2.05, 4.69) is 5.32 Å². The van der Waals surface area contributed by atoms with E-state index in [0.717, 1.165) is 0 Å². The number of hydrogen-bond acceptors (Lipinski definition) is 4. The van der Waals surface area contributed by atoms with Crippen LogP contribution in [0.5, 0.6) is 0 Å². The number of anilines is 1. The molecule has 0 spiro atoms. The van der Waals surface area contributed by atoms with Crippen LogP contribution in [0.3, 0.4) is 0 Å². The number of rotatable bonds is 4. The molecular weight excluding hydrogens is 234 g/mol. The van der Waals surface area contributed by atoms with Gasteiger partial charge in [-0.25, -0.2) is 0 Å². The number of amides is 1. The molecule has 0 bridgehead atoms. The molecule has 0 radical (unpaired) electrons. The molecule has 6 heteroatoms. The average molecular weight is 251 g/mol. The summed E-state index contributed by atoms with van der Waals surface area (Å²) >= 11 is 0. The molecule has 3 N–H and O–H groups in total. The third-order valence-corrected chi connectivity index (χ3v) is 2.29. The van der Waals surface area contributed by atoms with Crippen LogP contribution in [-0.2, 0) is 4.79 Å². The second-order valence-electron chi connectivity index (χ2n) is 4.97. The van der Waals surface area contributed by atoms with Crippen LogP contribution in [-0.4, -0.2) is 16.4 Å². The molecule has 0 atom stereocenters. The van der Waals surface area contributed by atoms with Gasteiger partial charge >= 0.3 is 0 Å². The lowest BCUT2D eigenvalue weighted by molar-refractivity contribution is -0.385. The maximum Gasteiger partial charge on any atom is 0.272 e. The van der Waals surface area contributed by atoms with E-state index in [4.69, 9.17) is 5.73 Å². The minimum Gasteiger partial charge on any atom is -0.326 e. The predicted molar refractivity (Wildman–Crippen MR) is 69.3 cm³/mol.